The Labute approximate surface area is 268 Å². The fraction of sp³-hybridized carbons (Fsp3) is 0.816. The van der Waals surface area contributed by atoms with Gasteiger partial charge in [-0.25, -0.2) is 0 Å². The van der Waals surface area contributed by atoms with E-state index in [9.17, 15) is 4.79 Å². The quantitative estimate of drug-likeness (QED) is 0.189. The van der Waals surface area contributed by atoms with Gasteiger partial charge in [-0.05, 0) is 98.0 Å². The molecule has 0 aliphatic heterocycles. The summed E-state index contributed by atoms with van der Waals surface area (Å²) in [7, 11) is -3.92. The number of carbonyl (C=O) groups is 1. The fourth-order valence-electron chi connectivity index (χ4n) is 8.49. The molecule has 0 amide bonds. The monoisotopic (exact) mass is 626 g/mol. The Balaban J connectivity index is 1.68. The minimum absolute atomic E-state index is 0.0101. The Morgan fingerprint density at radius 1 is 0.977 bits per heavy atom. The topological polar surface area (TPSA) is 35.5 Å². The summed E-state index contributed by atoms with van der Waals surface area (Å²) in [5.74, 6) is 1.97. The van der Waals surface area contributed by atoms with E-state index in [1.165, 1.54) is 12.8 Å². The summed E-state index contributed by atoms with van der Waals surface area (Å²) in [5.41, 5.74) is 5.09. The molecule has 0 saturated heterocycles. The largest absolute Gasteiger partial charge is 0.414 e. The third kappa shape index (κ3) is 6.32. The molecule has 244 valence electrons. The van der Waals surface area contributed by atoms with Crippen LogP contribution in [0.1, 0.15) is 121 Å². The zero-order valence-corrected chi connectivity index (χ0v) is 32.5. The van der Waals surface area contributed by atoms with Crippen LogP contribution in [0.3, 0.4) is 0 Å². The Hall–Kier alpha value is -0.756. The van der Waals surface area contributed by atoms with Crippen LogP contribution in [0.25, 0.3) is 0 Å². The molecule has 0 aromatic rings. The van der Waals surface area contributed by atoms with Crippen LogP contribution in [0, 0.1) is 28.6 Å². The van der Waals surface area contributed by atoms with E-state index in [2.05, 4.69) is 107 Å². The molecule has 0 bridgehead atoms. The molecule has 0 heterocycles. The van der Waals surface area contributed by atoms with Crippen LogP contribution in [-0.2, 0) is 13.6 Å². The second kappa shape index (κ2) is 11.8. The summed E-state index contributed by atoms with van der Waals surface area (Å²) >= 11 is 0. The van der Waals surface area contributed by atoms with Gasteiger partial charge in [0, 0.05) is 18.3 Å². The highest BCUT2D eigenvalue weighted by molar-refractivity contribution is 6.74. The third-order valence-corrected chi connectivity index (χ3v) is 22.6. The summed E-state index contributed by atoms with van der Waals surface area (Å²) in [6.07, 6.45) is 16.0. The van der Waals surface area contributed by atoms with Crippen LogP contribution in [0.4, 0.5) is 0 Å². The molecule has 4 rings (SSSR count). The van der Waals surface area contributed by atoms with Crippen LogP contribution in [-0.4, -0.2) is 34.6 Å². The van der Waals surface area contributed by atoms with Gasteiger partial charge in [0.1, 0.15) is 5.78 Å². The fourth-order valence-corrected chi connectivity index (χ4v) is 11.3. The maximum atomic E-state index is 12.1. The lowest BCUT2D eigenvalue weighted by Crippen LogP contribution is -2.58. The smallest absolute Gasteiger partial charge is 0.192 e. The maximum absolute atomic E-state index is 12.1. The molecule has 3 nitrogen and oxygen atoms in total. The molecular weight excluding hydrogens is 561 g/mol. The molecule has 2 saturated carbocycles. The molecule has 0 spiro atoms. The van der Waals surface area contributed by atoms with Crippen molar-refractivity contribution in [3.63, 3.8) is 0 Å². The first-order chi connectivity index (χ1) is 19.6. The van der Waals surface area contributed by atoms with E-state index in [4.69, 9.17) is 8.85 Å². The van der Waals surface area contributed by atoms with Crippen molar-refractivity contribution < 1.29 is 13.6 Å². The SMILES string of the molecule is CCC(=O)CCC(C)C1=CC[C@H]2C3=CC=C4C[C@@H](O[Si](C)(C)C(C)(C)C)C[C@H](O[Si](C)(C)C(C)(C)C)[C@]4(C)[C@H]3CC[C@]12C. The summed E-state index contributed by atoms with van der Waals surface area (Å²) in [4.78, 5) is 12.1. The van der Waals surface area contributed by atoms with Gasteiger partial charge in [-0.2, -0.15) is 0 Å². The lowest BCUT2D eigenvalue weighted by Gasteiger charge is -2.59. The Morgan fingerprint density at radius 2 is 1.58 bits per heavy atom. The molecule has 0 N–H and O–H groups in total. The van der Waals surface area contributed by atoms with Crippen LogP contribution >= 0.6 is 0 Å². The van der Waals surface area contributed by atoms with E-state index in [1.807, 2.05) is 6.92 Å². The van der Waals surface area contributed by atoms with Crippen molar-refractivity contribution in [1.82, 2.24) is 0 Å². The van der Waals surface area contributed by atoms with E-state index < -0.39 is 16.6 Å². The maximum Gasteiger partial charge on any atom is 0.192 e. The van der Waals surface area contributed by atoms with Gasteiger partial charge in [0.15, 0.2) is 16.6 Å². The number of allylic oxidation sites excluding steroid dienone is 5. The summed E-state index contributed by atoms with van der Waals surface area (Å²) in [5, 5.41) is 0.359. The van der Waals surface area contributed by atoms with Crippen molar-refractivity contribution >= 4 is 22.4 Å². The Bertz CT molecular complexity index is 1160. The normalized spacial score (nSPS) is 34.0. The molecule has 4 aliphatic rings. The van der Waals surface area contributed by atoms with Crippen molar-refractivity contribution in [3.05, 3.63) is 34.9 Å². The Kier molecular flexibility index (Phi) is 9.63. The minimum Gasteiger partial charge on any atom is -0.414 e. The number of Topliss-reactive ketones (excluding diaryl/α,β-unsaturated/α-hetero) is 1. The van der Waals surface area contributed by atoms with Crippen molar-refractivity contribution in [2.45, 2.75) is 169 Å². The molecule has 7 atom stereocenters. The minimum atomic E-state index is -2.01. The average molecular weight is 627 g/mol. The van der Waals surface area contributed by atoms with E-state index in [-0.39, 0.29) is 33.1 Å². The first-order valence-electron chi connectivity index (χ1n) is 17.6. The summed E-state index contributed by atoms with van der Waals surface area (Å²) < 4.78 is 14.7. The van der Waals surface area contributed by atoms with E-state index >= 15 is 0 Å². The Morgan fingerprint density at radius 3 is 2.16 bits per heavy atom. The number of fused-ring (bicyclic) bond motifs is 5. The van der Waals surface area contributed by atoms with E-state index in [0.29, 0.717) is 30.0 Å². The van der Waals surface area contributed by atoms with Crippen molar-refractivity contribution in [2.24, 2.45) is 28.6 Å². The predicted molar refractivity (Wildman–Crippen MR) is 188 cm³/mol. The standard InChI is InChI=1S/C38H66O3Si2/c1-15-28(39)18-16-26(2)31-20-21-32-30-19-17-27-24-29(40-42(11,12)35(3,4)5)25-34(41-43(13,14)36(6,7)8)38(27,10)33(30)22-23-37(31,32)9/h17,19-20,26,29,32-34H,15-16,18,21-25H2,1-14H3/t26?,29-,32+,33+,34+,37-,38+/m1/s1. The van der Waals surface area contributed by atoms with Gasteiger partial charge in [0.2, 0.25) is 0 Å². The van der Waals surface area contributed by atoms with Gasteiger partial charge in [0.05, 0.1) is 12.2 Å². The average Bonchev–Trinajstić information content (AvgIpc) is 3.23. The van der Waals surface area contributed by atoms with Gasteiger partial charge >= 0.3 is 0 Å². The highest BCUT2D eigenvalue weighted by Gasteiger charge is 2.59. The molecule has 43 heavy (non-hydrogen) atoms. The van der Waals surface area contributed by atoms with Crippen molar-refractivity contribution in [3.8, 4) is 0 Å². The number of hydrogen-bond acceptors (Lipinski definition) is 3. The summed E-state index contributed by atoms with van der Waals surface area (Å²) in [6.45, 7) is 33.4. The highest BCUT2D eigenvalue weighted by Crippen LogP contribution is 2.65. The number of hydrogen-bond donors (Lipinski definition) is 0. The van der Waals surface area contributed by atoms with Crippen LogP contribution in [0.5, 0.6) is 0 Å². The van der Waals surface area contributed by atoms with Crippen molar-refractivity contribution in [2.75, 3.05) is 0 Å². The van der Waals surface area contributed by atoms with Crippen LogP contribution < -0.4 is 0 Å². The second-order valence-electron chi connectivity index (χ2n) is 18.2. The molecule has 2 fully saturated rings. The van der Waals surface area contributed by atoms with Crippen LogP contribution in [0.15, 0.2) is 34.9 Å². The van der Waals surface area contributed by atoms with Crippen molar-refractivity contribution in [1.29, 1.82) is 0 Å². The third-order valence-electron chi connectivity index (χ3n) is 13.5. The lowest BCUT2D eigenvalue weighted by atomic mass is 9.49. The summed E-state index contributed by atoms with van der Waals surface area (Å²) in [6, 6.07) is 0. The predicted octanol–water partition coefficient (Wildman–Crippen LogP) is 11.2. The van der Waals surface area contributed by atoms with E-state index in [1.54, 1.807) is 16.7 Å². The number of rotatable bonds is 9. The first kappa shape index (κ1) is 35.1. The molecule has 0 aromatic heterocycles. The number of ketones is 1. The first-order valence-corrected chi connectivity index (χ1v) is 23.4. The van der Waals surface area contributed by atoms with Gasteiger partial charge in [0.25, 0.3) is 0 Å². The second-order valence-corrected chi connectivity index (χ2v) is 27.7. The zero-order chi connectivity index (χ0) is 32.4. The molecule has 0 aromatic carbocycles. The lowest BCUT2D eigenvalue weighted by molar-refractivity contribution is -0.119. The van der Waals surface area contributed by atoms with Gasteiger partial charge in [-0.15, -0.1) is 0 Å². The number of carbonyl (C=O) groups excluding carboxylic acids is 1. The highest BCUT2D eigenvalue weighted by atomic mass is 28.4. The molecule has 1 unspecified atom stereocenters. The van der Waals surface area contributed by atoms with E-state index in [0.717, 1.165) is 32.1 Å². The van der Waals surface area contributed by atoms with Gasteiger partial charge in [-0.3, -0.25) is 4.79 Å². The zero-order valence-electron chi connectivity index (χ0n) is 30.5. The molecular formula is C38H66O3Si2. The molecule has 5 heteroatoms. The van der Waals surface area contributed by atoms with Gasteiger partial charge < -0.3 is 8.85 Å². The molecule has 4 aliphatic carbocycles. The van der Waals surface area contributed by atoms with Gasteiger partial charge in [-0.1, -0.05) is 104 Å². The molecule has 0 radical (unpaired) electrons. The van der Waals surface area contributed by atoms with Crippen LogP contribution in [0.2, 0.25) is 36.3 Å².